The van der Waals surface area contributed by atoms with Crippen LogP contribution >= 0.6 is 24.0 Å². The molecule has 18 heavy (non-hydrogen) atoms. The number of halogens is 5. The molecule has 0 aromatic heterocycles. The van der Waals surface area contributed by atoms with Gasteiger partial charge in [-0.25, -0.2) is 0 Å². The standard InChI is InChI=1S/C12H13ClF3N.ClH/c13-10-6-8(11(17)5-7-1-2-7)3-4-9(10)12(14,15)16;/h3-4,6-7,11H,1-2,5,17H2;1H/t11-;/m1./s1. The predicted molar refractivity (Wildman–Crippen MR) is 68.0 cm³/mol. The molecular formula is C12H14Cl2F3N. The number of alkyl halides is 3. The summed E-state index contributed by atoms with van der Waals surface area (Å²) < 4.78 is 37.5. The summed E-state index contributed by atoms with van der Waals surface area (Å²) in [5.74, 6) is 0.631. The minimum absolute atomic E-state index is 0. The molecule has 0 unspecified atom stereocenters. The van der Waals surface area contributed by atoms with E-state index in [1.165, 1.54) is 25.0 Å². The van der Waals surface area contributed by atoms with Gasteiger partial charge in [0, 0.05) is 6.04 Å². The van der Waals surface area contributed by atoms with Crippen LogP contribution in [-0.2, 0) is 6.18 Å². The van der Waals surface area contributed by atoms with Crippen molar-refractivity contribution in [3.63, 3.8) is 0 Å². The van der Waals surface area contributed by atoms with E-state index in [0.717, 1.165) is 12.5 Å². The molecular weight excluding hydrogens is 286 g/mol. The van der Waals surface area contributed by atoms with Gasteiger partial charge in [-0.2, -0.15) is 13.2 Å². The van der Waals surface area contributed by atoms with Crippen molar-refractivity contribution >= 4 is 24.0 Å². The van der Waals surface area contributed by atoms with E-state index in [4.69, 9.17) is 17.3 Å². The zero-order chi connectivity index (χ0) is 12.6. The Kier molecular flexibility index (Phi) is 4.92. The summed E-state index contributed by atoms with van der Waals surface area (Å²) in [6.45, 7) is 0. The number of hydrogen-bond donors (Lipinski definition) is 1. The molecule has 0 radical (unpaired) electrons. The first-order valence-corrected chi connectivity index (χ1v) is 5.88. The van der Waals surface area contributed by atoms with Crippen LogP contribution in [0.1, 0.15) is 36.4 Å². The quantitative estimate of drug-likeness (QED) is 0.868. The molecule has 1 aromatic carbocycles. The average molecular weight is 300 g/mol. The van der Waals surface area contributed by atoms with Gasteiger partial charge in [-0.05, 0) is 30.0 Å². The van der Waals surface area contributed by atoms with E-state index in [0.29, 0.717) is 11.5 Å². The van der Waals surface area contributed by atoms with Gasteiger partial charge in [0.15, 0.2) is 0 Å². The molecule has 0 bridgehead atoms. The molecule has 6 heteroatoms. The second-order valence-electron chi connectivity index (χ2n) is 4.52. The average Bonchev–Trinajstić information content (AvgIpc) is 2.99. The van der Waals surface area contributed by atoms with Crippen molar-refractivity contribution < 1.29 is 13.2 Å². The molecule has 0 saturated heterocycles. The molecule has 1 fully saturated rings. The topological polar surface area (TPSA) is 26.0 Å². The lowest BCUT2D eigenvalue weighted by Gasteiger charge is -2.14. The molecule has 0 heterocycles. The Morgan fingerprint density at radius 2 is 1.94 bits per heavy atom. The third-order valence-corrected chi connectivity index (χ3v) is 3.32. The highest BCUT2D eigenvalue weighted by Gasteiger charge is 2.33. The van der Waals surface area contributed by atoms with E-state index in [1.807, 2.05) is 0 Å². The van der Waals surface area contributed by atoms with Gasteiger partial charge in [-0.15, -0.1) is 12.4 Å². The summed E-state index contributed by atoms with van der Waals surface area (Å²) in [6, 6.07) is 3.53. The first kappa shape index (κ1) is 15.6. The first-order chi connectivity index (χ1) is 7.88. The van der Waals surface area contributed by atoms with Crippen molar-refractivity contribution in [3.05, 3.63) is 34.3 Å². The van der Waals surface area contributed by atoms with Crippen molar-refractivity contribution in [1.82, 2.24) is 0 Å². The van der Waals surface area contributed by atoms with E-state index in [-0.39, 0.29) is 23.5 Å². The number of nitrogens with two attached hydrogens (primary N) is 1. The summed E-state index contributed by atoms with van der Waals surface area (Å²) >= 11 is 5.63. The lowest BCUT2D eigenvalue weighted by molar-refractivity contribution is -0.137. The fourth-order valence-corrected chi connectivity index (χ4v) is 2.14. The SMILES string of the molecule is Cl.N[C@H](CC1CC1)c1ccc(C(F)(F)F)c(Cl)c1. The van der Waals surface area contributed by atoms with E-state index in [9.17, 15) is 13.2 Å². The molecule has 0 spiro atoms. The number of benzene rings is 1. The Morgan fingerprint density at radius 3 is 2.39 bits per heavy atom. The van der Waals surface area contributed by atoms with Crippen molar-refractivity contribution in [3.8, 4) is 0 Å². The van der Waals surface area contributed by atoms with Crippen molar-refractivity contribution in [2.24, 2.45) is 11.7 Å². The highest BCUT2D eigenvalue weighted by atomic mass is 35.5. The van der Waals surface area contributed by atoms with E-state index in [2.05, 4.69) is 0 Å². The highest BCUT2D eigenvalue weighted by molar-refractivity contribution is 6.31. The predicted octanol–water partition coefficient (Wildman–Crippen LogP) is 4.58. The molecule has 1 aromatic rings. The number of rotatable bonds is 3. The maximum atomic E-state index is 12.5. The summed E-state index contributed by atoms with van der Waals surface area (Å²) in [5.41, 5.74) is 5.80. The first-order valence-electron chi connectivity index (χ1n) is 5.50. The third-order valence-electron chi connectivity index (χ3n) is 3.01. The molecule has 0 aliphatic heterocycles. The van der Waals surface area contributed by atoms with Crippen LogP contribution in [0.3, 0.4) is 0 Å². The summed E-state index contributed by atoms with van der Waals surface area (Å²) in [4.78, 5) is 0. The van der Waals surface area contributed by atoms with Gasteiger partial charge in [0.2, 0.25) is 0 Å². The molecule has 0 amide bonds. The fourth-order valence-electron chi connectivity index (χ4n) is 1.84. The molecule has 1 aliphatic carbocycles. The second kappa shape index (κ2) is 5.68. The van der Waals surface area contributed by atoms with Gasteiger partial charge < -0.3 is 5.73 Å². The van der Waals surface area contributed by atoms with Crippen LogP contribution in [0.15, 0.2) is 18.2 Å². The van der Waals surface area contributed by atoms with Crippen LogP contribution in [0.4, 0.5) is 13.2 Å². The normalized spacial score (nSPS) is 17.2. The van der Waals surface area contributed by atoms with Crippen LogP contribution in [0.5, 0.6) is 0 Å². The summed E-state index contributed by atoms with van der Waals surface area (Å²) in [6.07, 6.45) is -1.25. The monoisotopic (exact) mass is 299 g/mol. The zero-order valence-corrected chi connectivity index (χ0v) is 11.1. The smallest absolute Gasteiger partial charge is 0.324 e. The van der Waals surface area contributed by atoms with Crippen LogP contribution < -0.4 is 5.73 Å². The minimum atomic E-state index is -4.41. The van der Waals surface area contributed by atoms with Crippen molar-refractivity contribution in [2.45, 2.75) is 31.5 Å². The lowest BCUT2D eigenvalue weighted by atomic mass is 10.0. The Morgan fingerprint density at radius 1 is 1.33 bits per heavy atom. The molecule has 1 nitrogen and oxygen atoms in total. The van der Waals surface area contributed by atoms with Crippen LogP contribution in [-0.4, -0.2) is 0 Å². The molecule has 1 saturated carbocycles. The molecule has 1 aliphatic rings. The van der Waals surface area contributed by atoms with E-state index < -0.39 is 11.7 Å². The molecule has 2 N–H and O–H groups in total. The lowest BCUT2D eigenvalue weighted by Crippen LogP contribution is -2.12. The van der Waals surface area contributed by atoms with Gasteiger partial charge in [-0.3, -0.25) is 0 Å². The Balaban J connectivity index is 0.00000162. The van der Waals surface area contributed by atoms with Crippen LogP contribution in [0.25, 0.3) is 0 Å². The van der Waals surface area contributed by atoms with Gasteiger partial charge in [0.25, 0.3) is 0 Å². The largest absolute Gasteiger partial charge is 0.417 e. The summed E-state index contributed by atoms with van der Waals surface area (Å²) in [5, 5.41) is -0.277. The Labute approximate surface area is 115 Å². The highest BCUT2D eigenvalue weighted by Crippen LogP contribution is 2.39. The van der Waals surface area contributed by atoms with Crippen LogP contribution in [0, 0.1) is 5.92 Å². The molecule has 1 atom stereocenters. The van der Waals surface area contributed by atoms with Crippen LogP contribution in [0.2, 0.25) is 5.02 Å². The molecule has 102 valence electrons. The van der Waals surface area contributed by atoms with Crippen molar-refractivity contribution in [1.29, 1.82) is 0 Å². The third kappa shape index (κ3) is 3.77. The van der Waals surface area contributed by atoms with E-state index >= 15 is 0 Å². The van der Waals surface area contributed by atoms with Crippen molar-refractivity contribution in [2.75, 3.05) is 0 Å². The van der Waals surface area contributed by atoms with Gasteiger partial charge >= 0.3 is 6.18 Å². The van der Waals surface area contributed by atoms with Gasteiger partial charge in [0.05, 0.1) is 10.6 Å². The Hall–Kier alpha value is -0.450. The number of hydrogen-bond acceptors (Lipinski definition) is 1. The maximum Gasteiger partial charge on any atom is 0.417 e. The molecule has 2 rings (SSSR count). The fraction of sp³-hybridized carbons (Fsp3) is 0.500. The van der Waals surface area contributed by atoms with Gasteiger partial charge in [0.1, 0.15) is 0 Å². The van der Waals surface area contributed by atoms with E-state index in [1.54, 1.807) is 0 Å². The summed E-state index contributed by atoms with van der Waals surface area (Å²) in [7, 11) is 0. The minimum Gasteiger partial charge on any atom is -0.324 e. The maximum absolute atomic E-state index is 12.5. The zero-order valence-electron chi connectivity index (χ0n) is 9.51. The van der Waals surface area contributed by atoms with Gasteiger partial charge in [-0.1, -0.05) is 30.5 Å². The second-order valence-corrected chi connectivity index (χ2v) is 4.93. The Bertz CT molecular complexity index is 416.